The molecule has 25 heavy (non-hydrogen) atoms. The van der Waals surface area contributed by atoms with Crippen molar-refractivity contribution in [3.63, 3.8) is 0 Å². The number of fused-ring (bicyclic) bond motifs is 4. The lowest BCUT2D eigenvalue weighted by Crippen LogP contribution is -2.29. The lowest BCUT2D eigenvalue weighted by molar-refractivity contribution is 0.123. The van der Waals surface area contributed by atoms with Gasteiger partial charge >= 0.3 is 0 Å². The largest absolute Gasteiger partial charge is 0.478 e. The van der Waals surface area contributed by atoms with Gasteiger partial charge in [0.1, 0.15) is 11.7 Å². The maximum Gasteiger partial charge on any atom is 0.234 e. The maximum atomic E-state index is 13.0. The highest BCUT2D eigenvalue weighted by molar-refractivity contribution is 8.02. The van der Waals surface area contributed by atoms with Crippen LogP contribution in [0.4, 0.5) is 0 Å². The molecular formula is C20H13ClO3S. The molecule has 0 amide bonds. The summed E-state index contributed by atoms with van der Waals surface area (Å²) in [5.74, 6) is 1.06. The van der Waals surface area contributed by atoms with Crippen molar-refractivity contribution < 1.29 is 9.15 Å². The standard InChI is InChI=1S/C20H13ClO3S/c21-12-6-7-15-14(10-12)16(22)18-19(23-15)20-13(8-9-25-20)17(24-18)11-4-2-1-3-5-11/h1-10,13,17,20H. The van der Waals surface area contributed by atoms with Gasteiger partial charge in [0.15, 0.2) is 5.76 Å². The van der Waals surface area contributed by atoms with Crippen LogP contribution in [-0.2, 0) is 0 Å². The van der Waals surface area contributed by atoms with Crippen LogP contribution >= 0.6 is 23.4 Å². The van der Waals surface area contributed by atoms with Gasteiger partial charge < -0.3 is 9.15 Å². The summed E-state index contributed by atoms with van der Waals surface area (Å²) in [6.45, 7) is 0. The summed E-state index contributed by atoms with van der Waals surface area (Å²) in [6.07, 6.45) is 1.94. The molecular weight excluding hydrogens is 356 g/mol. The Balaban J connectivity index is 1.73. The van der Waals surface area contributed by atoms with E-state index in [-0.39, 0.29) is 22.7 Å². The molecule has 2 aromatic carbocycles. The van der Waals surface area contributed by atoms with Crippen molar-refractivity contribution in [2.24, 2.45) is 5.92 Å². The van der Waals surface area contributed by atoms with E-state index in [2.05, 4.69) is 11.5 Å². The van der Waals surface area contributed by atoms with E-state index in [9.17, 15) is 4.79 Å². The van der Waals surface area contributed by atoms with Gasteiger partial charge in [0.25, 0.3) is 0 Å². The predicted octanol–water partition coefficient (Wildman–Crippen LogP) is 5.50. The highest BCUT2D eigenvalue weighted by Crippen LogP contribution is 2.55. The van der Waals surface area contributed by atoms with Crippen molar-refractivity contribution in [3.05, 3.63) is 86.6 Å². The third kappa shape index (κ3) is 2.32. The third-order valence-electron chi connectivity index (χ3n) is 4.69. The highest BCUT2D eigenvalue weighted by atomic mass is 35.5. The lowest BCUT2D eigenvalue weighted by Gasteiger charge is -2.33. The second-order valence-electron chi connectivity index (χ2n) is 6.18. The van der Waals surface area contributed by atoms with Crippen LogP contribution in [-0.4, -0.2) is 0 Å². The van der Waals surface area contributed by atoms with E-state index >= 15 is 0 Å². The van der Waals surface area contributed by atoms with Gasteiger partial charge in [0.05, 0.1) is 10.6 Å². The Hall–Kier alpha value is -2.17. The minimum atomic E-state index is -0.204. The quantitative estimate of drug-likeness (QED) is 0.568. The number of hydrogen-bond donors (Lipinski definition) is 0. The van der Waals surface area contributed by atoms with E-state index in [0.717, 1.165) is 5.56 Å². The van der Waals surface area contributed by atoms with Gasteiger partial charge in [-0.05, 0) is 29.2 Å². The van der Waals surface area contributed by atoms with Crippen molar-refractivity contribution in [1.82, 2.24) is 0 Å². The number of rotatable bonds is 1. The van der Waals surface area contributed by atoms with Crippen LogP contribution in [0.15, 0.2) is 69.2 Å². The molecule has 1 aromatic heterocycles. The van der Waals surface area contributed by atoms with Crippen LogP contribution in [0.1, 0.15) is 22.7 Å². The second kappa shape index (κ2) is 5.68. The lowest BCUT2D eigenvalue weighted by atomic mass is 9.89. The zero-order valence-corrected chi connectivity index (χ0v) is 14.6. The smallest absolute Gasteiger partial charge is 0.234 e. The van der Waals surface area contributed by atoms with Crippen molar-refractivity contribution in [3.8, 4) is 5.75 Å². The SMILES string of the molecule is O=c1c2c(oc3ccc(Cl)cc13)C1SC=CC1C(c1ccccc1)O2. The first-order valence-corrected chi connectivity index (χ1v) is 9.34. The summed E-state index contributed by atoms with van der Waals surface area (Å²) in [5.41, 5.74) is 1.44. The molecule has 3 aromatic rings. The van der Waals surface area contributed by atoms with Gasteiger partial charge in [-0.3, -0.25) is 4.79 Å². The first kappa shape index (κ1) is 15.1. The van der Waals surface area contributed by atoms with Gasteiger partial charge in [0.2, 0.25) is 11.2 Å². The molecule has 0 N–H and O–H groups in total. The van der Waals surface area contributed by atoms with Crippen molar-refractivity contribution in [2.75, 3.05) is 0 Å². The molecule has 3 nitrogen and oxygen atoms in total. The van der Waals surface area contributed by atoms with Crippen molar-refractivity contribution >= 4 is 34.3 Å². The fraction of sp³-hybridized carbons (Fsp3) is 0.150. The van der Waals surface area contributed by atoms with Gasteiger partial charge in [0, 0.05) is 10.9 Å². The molecule has 2 aliphatic rings. The average molecular weight is 369 g/mol. The molecule has 5 heteroatoms. The Morgan fingerprint density at radius 2 is 1.92 bits per heavy atom. The number of thioether (sulfide) groups is 1. The number of hydrogen-bond acceptors (Lipinski definition) is 4. The van der Waals surface area contributed by atoms with Crippen LogP contribution in [0.3, 0.4) is 0 Å². The summed E-state index contributed by atoms with van der Waals surface area (Å²) < 4.78 is 12.3. The summed E-state index contributed by atoms with van der Waals surface area (Å²) in [7, 11) is 0. The minimum Gasteiger partial charge on any atom is -0.478 e. The Kier molecular flexibility index (Phi) is 3.43. The van der Waals surface area contributed by atoms with E-state index < -0.39 is 0 Å². The number of benzene rings is 2. The van der Waals surface area contributed by atoms with Crippen molar-refractivity contribution in [2.45, 2.75) is 11.4 Å². The van der Waals surface area contributed by atoms with E-state index in [1.165, 1.54) is 0 Å². The molecule has 3 unspecified atom stereocenters. The van der Waals surface area contributed by atoms with E-state index in [1.54, 1.807) is 30.0 Å². The zero-order valence-electron chi connectivity index (χ0n) is 13.0. The molecule has 0 saturated carbocycles. The summed E-state index contributed by atoms with van der Waals surface area (Å²) >= 11 is 7.72. The topological polar surface area (TPSA) is 39.4 Å². The molecule has 0 bridgehead atoms. The molecule has 0 spiro atoms. The van der Waals surface area contributed by atoms with Gasteiger partial charge in [-0.15, -0.1) is 11.8 Å². The Labute approximate surface area is 153 Å². The Bertz CT molecular complexity index is 1060. The van der Waals surface area contributed by atoms with Crippen LogP contribution < -0.4 is 10.2 Å². The van der Waals surface area contributed by atoms with Crippen LogP contribution in [0.5, 0.6) is 5.75 Å². The predicted molar refractivity (Wildman–Crippen MR) is 100 cm³/mol. The normalized spacial score (nSPS) is 24.0. The Morgan fingerprint density at radius 3 is 2.76 bits per heavy atom. The first-order valence-electron chi connectivity index (χ1n) is 8.02. The molecule has 0 saturated heterocycles. The van der Waals surface area contributed by atoms with Crippen LogP contribution in [0.2, 0.25) is 5.02 Å². The molecule has 0 aliphatic carbocycles. The van der Waals surface area contributed by atoms with E-state index in [1.807, 2.05) is 30.3 Å². The van der Waals surface area contributed by atoms with Gasteiger partial charge in [-0.1, -0.05) is 48.0 Å². The van der Waals surface area contributed by atoms with E-state index in [4.69, 9.17) is 20.8 Å². The molecule has 2 aliphatic heterocycles. The molecule has 3 atom stereocenters. The number of halogens is 1. The second-order valence-corrected chi connectivity index (χ2v) is 7.67. The molecule has 124 valence electrons. The highest BCUT2D eigenvalue weighted by Gasteiger charge is 2.43. The van der Waals surface area contributed by atoms with E-state index in [0.29, 0.717) is 27.5 Å². The fourth-order valence-electron chi connectivity index (χ4n) is 3.51. The third-order valence-corrected chi connectivity index (χ3v) is 6.06. The summed E-state index contributed by atoms with van der Waals surface area (Å²) in [4.78, 5) is 13.0. The van der Waals surface area contributed by atoms with Gasteiger partial charge in [-0.2, -0.15) is 0 Å². The first-order chi connectivity index (χ1) is 12.2. The maximum absolute atomic E-state index is 13.0. The monoisotopic (exact) mass is 368 g/mol. The Morgan fingerprint density at radius 1 is 1.08 bits per heavy atom. The molecule has 0 radical (unpaired) electrons. The van der Waals surface area contributed by atoms with Crippen molar-refractivity contribution in [1.29, 1.82) is 0 Å². The minimum absolute atomic E-state index is 0.0433. The van der Waals surface area contributed by atoms with Crippen LogP contribution in [0, 0.1) is 5.92 Å². The fourth-order valence-corrected chi connectivity index (χ4v) is 4.82. The molecule has 3 heterocycles. The van der Waals surface area contributed by atoms with Gasteiger partial charge in [-0.25, -0.2) is 0 Å². The molecule has 0 fully saturated rings. The number of ether oxygens (including phenoxy) is 1. The molecule has 5 rings (SSSR count). The van der Waals surface area contributed by atoms with Crippen LogP contribution in [0.25, 0.3) is 11.0 Å². The zero-order chi connectivity index (χ0) is 17.0. The average Bonchev–Trinajstić information content (AvgIpc) is 3.13. The summed E-state index contributed by atoms with van der Waals surface area (Å²) in [5, 5.41) is 3.06. The summed E-state index contributed by atoms with van der Waals surface area (Å²) in [6, 6.07) is 15.1.